The molecule has 0 saturated heterocycles. The summed E-state index contributed by atoms with van der Waals surface area (Å²) in [4.78, 5) is 1.31. The molecule has 96 valence electrons. The minimum atomic E-state index is 0.612. The lowest BCUT2D eigenvalue weighted by Gasteiger charge is -2.12. The Bertz CT molecular complexity index is 300. The normalized spacial score (nSPS) is 12.4. The fourth-order valence-electron chi connectivity index (χ4n) is 1.52. The van der Waals surface area contributed by atoms with E-state index in [0.29, 0.717) is 6.04 Å². The summed E-state index contributed by atoms with van der Waals surface area (Å²) in [5, 5.41) is 3.50. The number of thioether (sulfide) groups is 1. The van der Waals surface area contributed by atoms with Crippen LogP contribution in [0.25, 0.3) is 0 Å². The molecule has 0 aliphatic carbocycles. The zero-order valence-corrected chi connectivity index (χ0v) is 11.8. The first-order valence-electron chi connectivity index (χ1n) is 6.26. The number of methoxy groups -OCH3 is 1. The van der Waals surface area contributed by atoms with Gasteiger partial charge in [0.15, 0.2) is 0 Å². The monoisotopic (exact) mass is 253 g/mol. The second-order valence-electron chi connectivity index (χ2n) is 4.17. The number of nitrogens with one attached hydrogen (secondary N) is 1. The van der Waals surface area contributed by atoms with Crippen molar-refractivity contribution in [3.8, 4) is 5.75 Å². The van der Waals surface area contributed by atoms with Crippen LogP contribution in [-0.4, -0.2) is 25.4 Å². The summed E-state index contributed by atoms with van der Waals surface area (Å²) in [5.41, 5.74) is 0. The summed E-state index contributed by atoms with van der Waals surface area (Å²) in [6.45, 7) is 5.57. The molecule has 1 atom stereocenters. The van der Waals surface area contributed by atoms with Gasteiger partial charge in [0.2, 0.25) is 0 Å². The van der Waals surface area contributed by atoms with Gasteiger partial charge in [-0.2, -0.15) is 0 Å². The second kappa shape index (κ2) is 8.43. The molecule has 1 aromatic carbocycles. The van der Waals surface area contributed by atoms with E-state index < -0.39 is 0 Å². The third-order valence-corrected chi connectivity index (χ3v) is 3.67. The van der Waals surface area contributed by atoms with Gasteiger partial charge in [0.1, 0.15) is 5.75 Å². The summed E-state index contributed by atoms with van der Waals surface area (Å²) in [6.07, 6.45) is 2.41. The molecule has 1 rings (SSSR count). The molecule has 17 heavy (non-hydrogen) atoms. The molecule has 3 heteroatoms. The molecule has 0 aliphatic heterocycles. The summed E-state index contributed by atoms with van der Waals surface area (Å²) in [7, 11) is 1.70. The number of benzene rings is 1. The Balaban J connectivity index is 2.21. The lowest BCUT2D eigenvalue weighted by Crippen LogP contribution is -2.27. The first-order chi connectivity index (χ1) is 8.26. The third kappa shape index (κ3) is 5.99. The maximum atomic E-state index is 5.14. The molecule has 0 saturated carbocycles. The van der Waals surface area contributed by atoms with Crippen molar-refractivity contribution in [2.24, 2.45) is 0 Å². The molecule has 0 bridgehead atoms. The maximum Gasteiger partial charge on any atom is 0.118 e. The molecule has 0 radical (unpaired) electrons. The van der Waals surface area contributed by atoms with Gasteiger partial charge >= 0.3 is 0 Å². The van der Waals surface area contributed by atoms with Gasteiger partial charge in [-0.15, -0.1) is 11.8 Å². The molecule has 0 amide bonds. The van der Waals surface area contributed by atoms with Crippen LogP contribution in [0.3, 0.4) is 0 Å². The molecule has 0 spiro atoms. The minimum Gasteiger partial charge on any atom is -0.497 e. The SMILES string of the molecule is CCCNC(C)CCSc1ccc(OC)cc1. The van der Waals surface area contributed by atoms with Gasteiger partial charge in [-0.25, -0.2) is 0 Å². The van der Waals surface area contributed by atoms with Crippen molar-refractivity contribution in [1.29, 1.82) is 0 Å². The van der Waals surface area contributed by atoms with E-state index in [2.05, 4.69) is 31.3 Å². The van der Waals surface area contributed by atoms with Gasteiger partial charge < -0.3 is 10.1 Å². The third-order valence-electron chi connectivity index (χ3n) is 2.62. The molecular formula is C14H23NOS. The van der Waals surface area contributed by atoms with Crippen LogP contribution in [0.15, 0.2) is 29.2 Å². The highest BCUT2D eigenvalue weighted by Crippen LogP contribution is 2.22. The van der Waals surface area contributed by atoms with Gasteiger partial charge in [-0.05, 0) is 56.3 Å². The molecule has 1 unspecified atom stereocenters. The van der Waals surface area contributed by atoms with E-state index in [4.69, 9.17) is 4.74 Å². The Labute approximate surface area is 109 Å². The van der Waals surface area contributed by atoms with Gasteiger partial charge in [-0.3, -0.25) is 0 Å². The summed E-state index contributed by atoms with van der Waals surface area (Å²) in [6, 6.07) is 8.88. The van der Waals surface area contributed by atoms with Crippen molar-refractivity contribution in [2.45, 2.75) is 37.6 Å². The van der Waals surface area contributed by atoms with E-state index in [1.54, 1.807) is 7.11 Å². The van der Waals surface area contributed by atoms with Crippen LogP contribution in [0.1, 0.15) is 26.7 Å². The van der Waals surface area contributed by atoms with Crippen LogP contribution in [-0.2, 0) is 0 Å². The van der Waals surface area contributed by atoms with Crippen LogP contribution in [0.2, 0.25) is 0 Å². The van der Waals surface area contributed by atoms with E-state index in [0.717, 1.165) is 18.0 Å². The standard InChI is InChI=1S/C14H23NOS/c1-4-10-15-12(2)9-11-17-14-7-5-13(16-3)6-8-14/h5-8,12,15H,4,9-11H2,1-3H3. The lowest BCUT2D eigenvalue weighted by atomic mass is 10.2. The van der Waals surface area contributed by atoms with E-state index in [1.165, 1.54) is 17.7 Å². The summed E-state index contributed by atoms with van der Waals surface area (Å²) in [5.74, 6) is 2.08. The maximum absolute atomic E-state index is 5.14. The molecule has 1 aromatic rings. The van der Waals surface area contributed by atoms with Crippen molar-refractivity contribution in [3.05, 3.63) is 24.3 Å². The second-order valence-corrected chi connectivity index (χ2v) is 5.34. The molecule has 1 N–H and O–H groups in total. The zero-order chi connectivity index (χ0) is 12.5. The molecular weight excluding hydrogens is 230 g/mol. The number of ether oxygens (including phenoxy) is 1. The van der Waals surface area contributed by atoms with E-state index in [1.807, 2.05) is 23.9 Å². The quantitative estimate of drug-likeness (QED) is 0.716. The Morgan fingerprint density at radius 3 is 2.59 bits per heavy atom. The highest BCUT2D eigenvalue weighted by atomic mass is 32.2. The van der Waals surface area contributed by atoms with Crippen molar-refractivity contribution in [1.82, 2.24) is 5.32 Å². The van der Waals surface area contributed by atoms with Gasteiger partial charge in [-0.1, -0.05) is 6.92 Å². The summed E-state index contributed by atoms with van der Waals surface area (Å²) >= 11 is 1.91. The minimum absolute atomic E-state index is 0.612. The first-order valence-corrected chi connectivity index (χ1v) is 7.25. The van der Waals surface area contributed by atoms with Gasteiger partial charge in [0.05, 0.1) is 7.11 Å². The zero-order valence-electron chi connectivity index (χ0n) is 11.0. The Morgan fingerprint density at radius 1 is 1.29 bits per heavy atom. The van der Waals surface area contributed by atoms with Gasteiger partial charge in [0.25, 0.3) is 0 Å². The smallest absolute Gasteiger partial charge is 0.118 e. The van der Waals surface area contributed by atoms with Crippen molar-refractivity contribution >= 4 is 11.8 Å². The van der Waals surface area contributed by atoms with Crippen molar-refractivity contribution < 1.29 is 4.74 Å². The summed E-state index contributed by atoms with van der Waals surface area (Å²) < 4.78 is 5.14. The number of rotatable bonds is 8. The topological polar surface area (TPSA) is 21.3 Å². The van der Waals surface area contributed by atoms with Crippen LogP contribution < -0.4 is 10.1 Å². The van der Waals surface area contributed by atoms with E-state index in [9.17, 15) is 0 Å². The predicted octanol–water partition coefficient (Wildman–Crippen LogP) is 3.57. The lowest BCUT2D eigenvalue weighted by molar-refractivity contribution is 0.414. The average Bonchev–Trinajstić information content (AvgIpc) is 2.37. The number of hydrogen-bond acceptors (Lipinski definition) is 3. The van der Waals surface area contributed by atoms with Crippen molar-refractivity contribution in [2.75, 3.05) is 19.4 Å². The fourth-order valence-corrected chi connectivity index (χ4v) is 2.55. The molecule has 0 fully saturated rings. The molecule has 0 heterocycles. The van der Waals surface area contributed by atoms with Crippen LogP contribution in [0.5, 0.6) is 5.75 Å². The van der Waals surface area contributed by atoms with E-state index >= 15 is 0 Å². The Morgan fingerprint density at radius 2 is 2.00 bits per heavy atom. The highest BCUT2D eigenvalue weighted by Gasteiger charge is 2.01. The van der Waals surface area contributed by atoms with Crippen molar-refractivity contribution in [3.63, 3.8) is 0 Å². The highest BCUT2D eigenvalue weighted by molar-refractivity contribution is 7.99. The number of hydrogen-bond donors (Lipinski definition) is 1. The fraction of sp³-hybridized carbons (Fsp3) is 0.571. The Hall–Kier alpha value is -0.670. The molecule has 0 aromatic heterocycles. The van der Waals surface area contributed by atoms with Crippen LogP contribution in [0.4, 0.5) is 0 Å². The van der Waals surface area contributed by atoms with Crippen LogP contribution in [0, 0.1) is 0 Å². The van der Waals surface area contributed by atoms with Crippen LogP contribution >= 0.6 is 11.8 Å². The van der Waals surface area contributed by atoms with E-state index in [-0.39, 0.29) is 0 Å². The first kappa shape index (κ1) is 14.4. The molecule has 2 nitrogen and oxygen atoms in total. The van der Waals surface area contributed by atoms with Gasteiger partial charge in [0, 0.05) is 10.9 Å². The Kier molecular flexibility index (Phi) is 7.13. The average molecular weight is 253 g/mol. The predicted molar refractivity (Wildman–Crippen MR) is 76.1 cm³/mol. The molecule has 0 aliphatic rings. The largest absolute Gasteiger partial charge is 0.497 e.